The van der Waals surface area contributed by atoms with Crippen molar-refractivity contribution in [2.24, 2.45) is 0 Å². The van der Waals surface area contributed by atoms with E-state index in [1.54, 1.807) is 4.90 Å². The summed E-state index contributed by atoms with van der Waals surface area (Å²) >= 11 is 0. The third-order valence-electron chi connectivity index (χ3n) is 3.92. The molecule has 1 fully saturated rings. The van der Waals surface area contributed by atoms with E-state index in [1.807, 2.05) is 14.0 Å². The van der Waals surface area contributed by atoms with Gasteiger partial charge in [0, 0.05) is 37.2 Å². The van der Waals surface area contributed by atoms with Crippen molar-refractivity contribution in [3.63, 3.8) is 0 Å². The van der Waals surface area contributed by atoms with E-state index in [2.05, 4.69) is 15.3 Å². The van der Waals surface area contributed by atoms with Crippen LogP contribution in [0.25, 0.3) is 0 Å². The summed E-state index contributed by atoms with van der Waals surface area (Å²) in [5.41, 5.74) is 2.16. The molecule has 2 aliphatic heterocycles. The molecular weight excluding hydrogens is 228 g/mol. The molecule has 2 aliphatic rings. The predicted molar refractivity (Wildman–Crippen MR) is 68.7 cm³/mol. The Morgan fingerprint density at radius 3 is 2.89 bits per heavy atom. The van der Waals surface area contributed by atoms with Gasteiger partial charge in [-0.3, -0.25) is 9.69 Å². The molecule has 1 amide bonds. The van der Waals surface area contributed by atoms with Gasteiger partial charge in [-0.2, -0.15) is 0 Å². The number of amides is 1. The summed E-state index contributed by atoms with van der Waals surface area (Å²) in [5.74, 6) is 2.24. The van der Waals surface area contributed by atoms with E-state index < -0.39 is 0 Å². The average Bonchev–Trinajstić information content (AvgIpc) is 2.88. The van der Waals surface area contributed by atoms with Gasteiger partial charge in [0.15, 0.2) is 0 Å². The Balaban J connectivity index is 2.04. The van der Waals surface area contributed by atoms with Crippen LogP contribution >= 0.6 is 0 Å². The fourth-order valence-corrected chi connectivity index (χ4v) is 2.75. The lowest BCUT2D eigenvalue weighted by molar-refractivity contribution is -0.118. The van der Waals surface area contributed by atoms with E-state index in [0.717, 1.165) is 48.8 Å². The van der Waals surface area contributed by atoms with Gasteiger partial charge in [0.1, 0.15) is 11.6 Å². The number of aromatic nitrogens is 2. The molecular formula is C13H18N4O. The molecule has 0 aromatic carbocycles. The minimum atomic E-state index is 0.149. The number of carbonyl (C=O) groups is 1. The summed E-state index contributed by atoms with van der Waals surface area (Å²) in [6.45, 7) is 3.99. The second kappa shape index (κ2) is 4.31. The van der Waals surface area contributed by atoms with Crippen molar-refractivity contribution in [3.8, 4) is 0 Å². The van der Waals surface area contributed by atoms with E-state index in [0.29, 0.717) is 12.3 Å². The van der Waals surface area contributed by atoms with Crippen molar-refractivity contribution < 1.29 is 4.79 Å². The number of anilines is 1. The Labute approximate surface area is 107 Å². The molecule has 5 nitrogen and oxygen atoms in total. The maximum absolute atomic E-state index is 11.8. The van der Waals surface area contributed by atoms with Gasteiger partial charge < -0.3 is 5.32 Å². The van der Waals surface area contributed by atoms with Crippen LogP contribution in [0.2, 0.25) is 0 Å². The lowest BCUT2D eigenvalue weighted by Crippen LogP contribution is -2.33. The fraction of sp³-hybridized carbons (Fsp3) is 0.615. The van der Waals surface area contributed by atoms with Crippen molar-refractivity contribution in [1.82, 2.24) is 15.3 Å². The van der Waals surface area contributed by atoms with Crippen molar-refractivity contribution in [2.75, 3.05) is 25.0 Å². The Morgan fingerprint density at radius 2 is 2.17 bits per heavy atom. The van der Waals surface area contributed by atoms with E-state index in [-0.39, 0.29) is 5.91 Å². The number of hydrogen-bond acceptors (Lipinski definition) is 4. The van der Waals surface area contributed by atoms with Crippen LogP contribution in [0.15, 0.2) is 0 Å². The molecule has 1 aromatic rings. The number of rotatable bonds is 1. The molecule has 5 heteroatoms. The summed E-state index contributed by atoms with van der Waals surface area (Å²) in [5, 5.41) is 3.33. The van der Waals surface area contributed by atoms with Crippen LogP contribution in [0.5, 0.6) is 0 Å². The van der Waals surface area contributed by atoms with Crippen molar-refractivity contribution in [2.45, 2.75) is 32.1 Å². The molecule has 96 valence electrons. The molecule has 1 N–H and O–H groups in total. The van der Waals surface area contributed by atoms with Crippen LogP contribution in [-0.2, 0) is 11.2 Å². The first-order valence-electron chi connectivity index (χ1n) is 6.51. The maximum atomic E-state index is 11.8. The van der Waals surface area contributed by atoms with Gasteiger partial charge >= 0.3 is 0 Å². The van der Waals surface area contributed by atoms with E-state index in [1.165, 1.54) is 0 Å². The first kappa shape index (κ1) is 11.6. The summed E-state index contributed by atoms with van der Waals surface area (Å²) < 4.78 is 0. The monoisotopic (exact) mass is 246 g/mol. The Kier molecular flexibility index (Phi) is 2.78. The van der Waals surface area contributed by atoms with Gasteiger partial charge in [-0.15, -0.1) is 0 Å². The van der Waals surface area contributed by atoms with Gasteiger partial charge in [0.05, 0.1) is 0 Å². The fourth-order valence-electron chi connectivity index (χ4n) is 2.75. The molecule has 1 saturated heterocycles. The molecule has 1 atom stereocenters. The highest BCUT2D eigenvalue weighted by atomic mass is 16.2. The highest BCUT2D eigenvalue weighted by Gasteiger charge is 2.27. The first-order valence-corrected chi connectivity index (χ1v) is 6.51. The molecule has 0 aliphatic carbocycles. The molecule has 0 spiro atoms. The summed E-state index contributed by atoms with van der Waals surface area (Å²) in [6, 6.07) is 0. The van der Waals surface area contributed by atoms with Crippen LogP contribution < -0.4 is 10.2 Å². The smallest absolute Gasteiger partial charge is 0.228 e. The molecule has 3 heterocycles. The minimum Gasteiger partial charge on any atom is -0.316 e. The number of hydrogen-bond donors (Lipinski definition) is 1. The van der Waals surface area contributed by atoms with E-state index in [4.69, 9.17) is 0 Å². The number of fused-ring (bicyclic) bond motifs is 1. The molecule has 0 saturated carbocycles. The summed E-state index contributed by atoms with van der Waals surface area (Å²) in [6.07, 6.45) is 2.42. The van der Waals surface area contributed by atoms with Crippen molar-refractivity contribution in [1.29, 1.82) is 0 Å². The second-order valence-electron chi connectivity index (χ2n) is 5.11. The number of nitrogens with zero attached hydrogens (tertiary/aromatic N) is 3. The average molecular weight is 246 g/mol. The second-order valence-corrected chi connectivity index (χ2v) is 5.11. The minimum absolute atomic E-state index is 0.149. The van der Waals surface area contributed by atoms with Gasteiger partial charge in [0.25, 0.3) is 0 Å². The van der Waals surface area contributed by atoms with Gasteiger partial charge in [-0.25, -0.2) is 9.97 Å². The Bertz CT molecular complexity index is 494. The summed E-state index contributed by atoms with van der Waals surface area (Å²) in [4.78, 5) is 22.7. The van der Waals surface area contributed by atoms with E-state index in [9.17, 15) is 4.79 Å². The molecule has 18 heavy (non-hydrogen) atoms. The van der Waals surface area contributed by atoms with Gasteiger partial charge in [-0.1, -0.05) is 0 Å². The van der Waals surface area contributed by atoms with Crippen LogP contribution in [-0.4, -0.2) is 36.0 Å². The zero-order valence-electron chi connectivity index (χ0n) is 10.9. The van der Waals surface area contributed by atoms with Gasteiger partial charge in [-0.05, 0) is 26.3 Å². The molecule has 0 radical (unpaired) electrons. The van der Waals surface area contributed by atoms with Crippen LogP contribution in [0.1, 0.15) is 35.8 Å². The Morgan fingerprint density at radius 1 is 1.33 bits per heavy atom. The highest BCUT2D eigenvalue weighted by molar-refractivity contribution is 5.94. The SMILES string of the molecule is Cc1nc([C@H]2CCNC2)nc2c1CCC(=O)N2C. The zero-order valence-corrected chi connectivity index (χ0v) is 10.9. The largest absolute Gasteiger partial charge is 0.316 e. The number of carbonyl (C=O) groups excluding carboxylic acids is 1. The van der Waals surface area contributed by atoms with Crippen molar-refractivity contribution >= 4 is 11.7 Å². The van der Waals surface area contributed by atoms with Gasteiger partial charge in [0.2, 0.25) is 5.91 Å². The number of nitrogens with one attached hydrogen (secondary N) is 1. The third kappa shape index (κ3) is 1.79. The normalized spacial score (nSPS) is 23.3. The molecule has 0 unspecified atom stereocenters. The lowest BCUT2D eigenvalue weighted by atomic mass is 10.0. The summed E-state index contributed by atoms with van der Waals surface area (Å²) in [7, 11) is 1.81. The zero-order chi connectivity index (χ0) is 12.7. The topological polar surface area (TPSA) is 58.1 Å². The maximum Gasteiger partial charge on any atom is 0.228 e. The Hall–Kier alpha value is -1.49. The quantitative estimate of drug-likeness (QED) is 0.795. The van der Waals surface area contributed by atoms with Crippen molar-refractivity contribution in [3.05, 3.63) is 17.1 Å². The van der Waals surface area contributed by atoms with Crippen LogP contribution in [0.3, 0.4) is 0 Å². The predicted octanol–water partition coefficient (Wildman–Crippen LogP) is 0.771. The number of aryl methyl sites for hydroxylation is 1. The molecule has 0 bridgehead atoms. The first-order chi connectivity index (χ1) is 8.66. The van der Waals surface area contributed by atoms with Crippen LogP contribution in [0, 0.1) is 6.92 Å². The highest BCUT2D eigenvalue weighted by Crippen LogP contribution is 2.29. The van der Waals surface area contributed by atoms with Crippen LogP contribution in [0.4, 0.5) is 5.82 Å². The standard InChI is InChI=1S/C13H18N4O/c1-8-10-3-4-11(18)17(2)13(10)16-12(15-8)9-5-6-14-7-9/h9,14H,3-7H2,1-2H3/t9-/m0/s1. The van der Waals surface area contributed by atoms with E-state index >= 15 is 0 Å². The third-order valence-corrected chi connectivity index (χ3v) is 3.92. The lowest BCUT2D eigenvalue weighted by Gasteiger charge is -2.26. The molecule has 1 aromatic heterocycles. The molecule has 3 rings (SSSR count).